The summed E-state index contributed by atoms with van der Waals surface area (Å²) >= 11 is 0. The number of ether oxygens (including phenoxy) is 1. The average Bonchev–Trinajstić information content (AvgIpc) is 2.49. The highest BCUT2D eigenvalue weighted by Crippen LogP contribution is 2.31. The van der Waals surface area contributed by atoms with Gasteiger partial charge in [-0.3, -0.25) is 0 Å². The summed E-state index contributed by atoms with van der Waals surface area (Å²) in [6, 6.07) is 0. The molecular formula is C16H28N4O. The van der Waals surface area contributed by atoms with Crippen LogP contribution < -0.4 is 10.6 Å². The van der Waals surface area contributed by atoms with Gasteiger partial charge in [-0.2, -0.15) is 0 Å². The predicted molar refractivity (Wildman–Crippen MR) is 86.8 cm³/mol. The van der Waals surface area contributed by atoms with Crippen molar-refractivity contribution in [2.45, 2.75) is 46.5 Å². The second kappa shape index (κ2) is 7.59. The number of hydrogen-bond donors (Lipinski definition) is 2. The van der Waals surface area contributed by atoms with Crippen LogP contribution in [0.4, 0.5) is 11.6 Å². The van der Waals surface area contributed by atoms with Crippen LogP contribution in [0.3, 0.4) is 0 Å². The third-order valence-corrected chi connectivity index (χ3v) is 4.17. The van der Waals surface area contributed by atoms with E-state index in [2.05, 4.69) is 41.4 Å². The van der Waals surface area contributed by atoms with Crippen LogP contribution in [0.1, 0.15) is 45.6 Å². The molecule has 0 unspecified atom stereocenters. The van der Waals surface area contributed by atoms with Crippen LogP contribution >= 0.6 is 0 Å². The van der Waals surface area contributed by atoms with Crippen molar-refractivity contribution in [1.29, 1.82) is 0 Å². The minimum absolute atomic E-state index is 0.297. The Hall–Kier alpha value is -1.36. The van der Waals surface area contributed by atoms with Crippen LogP contribution in [0.25, 0.3) is 0 Å². The maximum Gasteiger partial charge on any atom is 0.134 e. The van der Waals surface area contributed by atoms with E-state index in [1.54, 1.807) is 6.33 Å². The second-order valence-electron chi connectivity index (χ2n) is 6.11. The van der Waals surface area contributed by atoms with Gasteiger partial charge in [0.05, 0.1) is 0 Å². The first kappa shape index (κ1) is 16.0. The summed E-state index contributed by atoms with van der Waals surface area (Å²) in [5.74, 6) is 1.95. The largest absolute Gasteiger partial charge is 0.381 e. The SMILES string of the molecule is CCCc1c(NCC)ncnc1NCC1(C)CCOCC1. The summed E-state index contributed by atoms with van der Waals surface area (Å²) in [6.45, 7) is 10.2. The standard InChI is InChI=1S/C16H28N4O/c1-4-6-13-14(17-5-2)19-12-20-15(13)18-11-16(3)7-9-21-10-8-16/h12H,4-11H2,1-3H3,(H2,17,18,19,20). The van der Waals surface area contributed by atoms with E-state index in [9.17, 15) is 0 Å². The van der Waals surface area contributed by atoms with Crippen molar-refractivity contribution >= 4 is 11.6 Å². The number of hydrogen-bond acceptors (Lipinski definition) is 5. The van der Waals surface area contributed by atoms with Crippen molar-refractivity contribution < 1.29 is 4.74 Å². The third kappa shape index (κ3) is 4.30. The normalized spacial score (nSPS) is 17.5. The molecule has 2 heterocycles. The molecule has 2 rings (SSSR count). The Bertz CT molecular complexity index is 444. The number of aromatic nitrogens is 2. The minimum Gasteiger partial charge on any atom is -0.381 e. The van der Waals surface area contributed by atoms with Gasteiger partial charge < -0.3 is 15.4 Å². The lowest BCUT2D eigenvalue weighted by atomic mass is 9.82. The van der Waals surface area contributed by atoms with Crippen molar-refractivity contribution in [3.8, 4) is 0 Å². The van der Waals surface area contributed by atoms with Gasteiger partial charge >= 0.3 is 0 Å². The van der Waals surface area contributed by atoms with E-state index in [0.29, 0.717) is 5.41 Å². The van der Waals surface area contributed by atoms with E-state index >= 15 is 0 Å². The zero-order chi connectivity index (χ0) is 15.1. The lowest BCUT2D eigenvalue weighted by molar-refractivity contribution is 0.0299. The third-order valence-electron chi connectivity index (χ3n) is 4.17. The van der Waals surface area contributed by atoms with Crippen molar-refractivity contribution in [2.24, 2.45) is 5.41 Å². The van der Waals surface area contributed by atoms with E-state index in [-0.39, 0.29) is 0 Å². The summed E-state index contributed by atoms with van der Waals surface area (Å²) in [4.78, 5) is 8.84. The Labute approximate surface area is 127 Å². The van der Waals surface area contributed by atoms with Crippen molar-refractivity contribution in [3.63, 3.8) is 0 Å². The van der Waals surface area contributed by atoms with Gasteiger partial charge in [-0.15, -0.1) is 0 Å². The first-order valence-corrected chi connectivity index (χ1v) is 8.08. The van der Waals surface area contributed by atoms with Crippen LogP contribution in [0.2, 0.25) is 0 Å². The van der Waals surface area contributed by atoms with Gasteiger partial charge in [-0.05, 0) is 31.6 Å². The molecular weight excluding hydrogens is 264 g/mol. The number of nitrogens with one attached hydrogen (secondary N) is 2. The fraction of sp³-hybridized carbons (Fsp3) is 0.750. The molecule has 21 heavy (non-hydrogen) atoms. The fourth-order valence-electron chi connectivity index (χ4n) is 2.71. The Kier molecular flexibility index (Phi) is 5.79. The zero-order valence-electron chi connectivity index (χ0n) is 13.5. The Morgan fingerprint density at radius 1 is 1.14 bits per heavy atom. The van der Waals surface area contributed by atoms with Crippen LogP contribution in [-0.2, 0) is 11.2 Å². The van der Waals surface area contributed by atoms with Gasteiger partial charge in [0.1, 0.15) is 18.0 Å². The van der Waals surface area contributed by atoms with Crippen molar-refractivity contribution in [1.82, 2.24) is 9.97 Å². The molecule has 5 nitrogen and oxygen atoms in total. The quantitative estimate of drug-likeness (QED) is 0.808. The first-order valence-electron chi connectivity index (χ1n) is 8.08. The van der Waals surface area contributed by atoms with Crippen LogP contribution in [0.5, 0.6) is 0 Å². The van der Waals surface area contributed by atoms with E-state index in [4.69, 9.17) is 4.74 Å². The molecule has 0 radical (unpaired) electrons. The highest BCUT2D eigenvalue weighted by molar-refractivity contribution is 5.57. The zero-order valence-corrected chi connectivity index (χ0v) is 13.5. The average molecular weight is 292 g/mol. The van der Waals surface area contributed by atoms with Crippen LogP contribution in [0.15, 0.2) is 6.33 Å². The molecule has 0 bridgehead atoms. The summed E-state index contributed by atoms with van der Waals surface area (Å²) in [7, 11) is 0. The maximum atomic E-state index is 5.47. The lowest BCUT2D eigenvalue weighted by Gasteiger charge is -2.34. The molecule has 118 valence electrons. The minimum atomic E-state index is 0.297. The van der Waals surface area contributed by atoms with Crippen molar-refractivity contribution in [3.05, 3.63) is 11.9 Å². The molecule has 0 spiro atoms. The first-order chi connectivity index (χ1) is 10.2. The van der Waals surface area contributed by atoms with Crippen LogP contribution in [0, 0.1) is 5.41 Å². The maximum absolute atomic E-state index is 5.47. The topological polar surface area (TPSA) is 59.1 Å². The highest BCUT2D eigenvalue weighted by atomic mass is 16.5. The summed E-state index contributed by atoms with van der Waals surface area (Å²) in [5.41, 5.74) is 1.50. The molecule has 0 amide bonds. The summed E-state index contributed by atoms with van der Waals surface area (Å²) < 4.78 is 5.47. The monoisotopic (exact) mass is 292 g/mol. The highest BCUT2D eigenvalue weighted by Gasteiger charge is 2.27. The van der Waals surface area contributed by atoms with E-state index in [1.807, 2.05) is 0 Å². The van der Waals surface area contributed by atoms with E-state index < -0.39 is 0 Å². The van der Waals surface area contributed by atoms with Gasteiger partial charge in [-0.25, -0.2) is 9.97 Å². The van der Waals surface area contributed by atoms with Crippen molar-refractivity contribution in [2.75, 3.05) is 36.9 Å². The van der Waals surface area contributed by atoms with Gasteiger partial charge in [-0.1, -0.05) is 20.3 Å². The summed E-state index contributed by atoms with van der Waals surface area (Å²) in [6.07, 6.45) is 5.94. The molecule has 5 heteroatoms. The molecule has 1 saturated heterocycles. The number of anilines is 2. The summed E-state index contributed by atoms with van der Waals surface area (Å²) in [5, 5.41) is 6.90. The Morgan fingerprint density at radius 3 is 2.43 bits per heavy atom. The number of nitrogens with zero attached hydrogens (tertiary/aromatic N) is 2. The predicted octanol–water partition coefficient (Wildman–Crippen LogP) is 3.09. The molecule has 1 aliphatic rings. The van der Waals surface area contributed by atoms with E-state index in [1.165, 1.54) is 5.56 Å². The van der Waals surface area contributed by atoms with Gasteiger partial charge in [0.25, 0.3) is 0 Å². The molecule has 0 atom stereocenters. The Balaban J connectivity index is 2.09. The van der Waals surface area contributed by atoms with Crippen LogP contribution in [-0.4, -0.2) is 36.3 Å². The lowest BCUT2D eigenvalue weighted by Crippen LogP contribution is -2.33. The van der Waals surface area contributed by atoms with Gasteiger partial charge in [0.15, 0.2) is 0 Å². The molecule has 1 aliphatic heterocycles. The van der Waals surface area contributed by atoms with Gasteiger partial charge in [0.2, 0.25) is 0 Å². The molecule has 1 aromatic heterocycles. The van der Waals surface area contributed by atoms with E-state index in [0.717, 1.165) is 63.6 Å². The molecule has 1 aromatic rings. The number of rotatable bonds is 7. The molecule has 0 aromatic carbocycles. The van der Waals surface area contributed by atoms with Gasteiger partial charge in [0, 0.05) is 31.9 Å². The smallest absolute Gasteiger partial charge is 0.134 e. The Morgan fingerprint density at radius 2 is 1.81 bits per heavy atom. The molecule has 1 fully saturated rings. The molecule has 0 aliphatic carbocycles. The molecule has 2 N–H and O–H groups in total. The fourth-order valence-corrected chi connectivity index (χ4v) is 2.71. The second-order valence-corrected chi connectivity index (χ2v) is 6.11. The molecule has 0 saturated carbocycles.